The molecule has 1 aliphatic carbocycles. The van der Waals surface area contributed by atoms with Gasteiger partial charge in [0.1, 0.15) is 5.60 Å². The van der Waals surface area contributed by atoms with Gasteiger partial charge in [-0.1, -0.05) is 12.8 Å². The maximum atomic E-state index is 11.8. The maximum absolute atomic E-state index is 11.8. The molecule has 1 aromatic heterocycles. The van der Waals surface area contributed by atoms with Crippen molar-refractivity contribution in [3.8, 4) is 0 Å². The summed E-state index contributed by atoms with van der Waals surface area (Å²) in [5.74, 6) is 0.478. The van der Waals surface area contributed by atoms with Crippen molar-refractivity contribution < 1.29 is 9.53 Å². The Kier molecular flexibility index (Phi) is 6.84. The van der Waals surface area contributed by atoms with Crippen molar-refractivity contribution in [2.75, 3.05) is 13.1 Å². The Hall–Kier alpha value is -1.14. The fourth-order valence-electron chi connectivity index (χ4n) is 3.00. The molecule has 23 heavy (non-hydrogen) atoms. The standard InChI is InChI=1S/C17H29N3O2S/c1-17(2,3)22-16(21)19-10-13-6-4-5-7-15(13)18-9-8-14-11-23-12-20-14/h11-13,15,18H,4-10H2,1-3H3,(H,19,21). The van der Waals surface area contributed by atoms with Crippen LogP contribution in [-0.2, 0) is 11.2 Å². The van der Waals surface area contributed by atoms with Gasteiger partial charge in [-0.2, -0.15) is 0 Å². The molecule has 5 nitrogen and oxygen atoms in total. The van der Waals surface area contributed by atoms with E-state index in [1.54, 1.807) is 11.3 Å². The highest BCUT2D eigenvalue weighted by Crippen LogP contribution is 2.24. The number of aromatic nitrogens is 1. The number of amides is 1. The number of carbonyl (C=O) groups excluding carboxylic acids is 1. The van der Waals surface area contributed by atoms with E-state index in [1.165, 1.54) is 19.3 Å². The van der Waals surface area contributed by atoms with Gasteiger partial charge in [-0.3, -0.25) is 0 Å². The molecule has 1 amide bonds. The molecule has 0 bridgehead atoms. The van der Waals surface area contributed by atoms with Crippen LogP contribution in [0, 0.1) is 5.92 Å². The largest absolute Gasteiger partial charge is 0.444 e. The van der Waals surface area contributed by atoms with Crippen LogP contribution in [0.1, 0.15) is 52.1 Å². The number of ether oxygens (including phenoxy) is 1. The normalized spacial score (nSPS) is 21.9. The second-order valence-corrected chi connectivity index (χ2v) is 7.94. The van der Waals surface area contributed by atoms with Crippen molar-refractivity contribution >= 4 is 17.4 Å². The molecule has 130 valence electrons. The van der Waals surface area contributed by atoms with Crippen LogP contribution in [-0.4, -0.2) is 35.8 Å². The summed E-state index contributed by atoms with van der Waals surface area (Å²) in [6.07, 6.45) is 5.49. The van der Waals surface area contributed by atoms with Crippen LogP contribution in [0.15, 0.2) is 10.9 Å². The van der Waals surface area contributed by atoms with Crippen molar-refractivity contribution in [2.45, 2.75) is 64.5 Å². The average molecular weight is 340 g/mol. The van der Waals surface area contributed by atoms with Crippen molar-refractivity contribution in [3.63, 3.8) is 0 Å². The molecule has 1 aliphatic rings. The smallest absolute Gasteiger partial charge is 0.407 e. The molecule has 2 N–H and O–H groups in total. The molecule has 0 saturated heterocycles. The number of hydrogen-bond acceptors (Lipinski definition) is 5. The first kappa shape index (κ1) is 18.2. The Bertz CT molecular complexity index is 471. The predicted molar refractivity (Wildman–Crippen MR) is 93.8 cm³/mol. The molecule has 1 aromatic rings. The molecule has 2 rings (SSSR count). The van der Waals surface area contributed by atoms with Gasteiger partial charge >= 0.3 is 6.09 Å². The zero-order valence-electron chi connectivity index (χ0n) is 14.4. The molecule has 2 atom stereocenters. The maximum Gasteiger partial charge on any atom is 0.407 e. The summed E-state index contributed by atoms with van der Waals surface area (Å²) in [6, 6.07) is 0.470. The van der Waals surface area contributed by atoms with Crippen molar-refractivity contribution in [3.05, 3.63) is 16.6 Å². The third kappa shape index (κ3) is 6.87. The Morgan fingerprint density at radius 3 is 2.87 bits per heavy atom. The SMILES string of the molecule is CC(C)(C)OC(=O)NCC1CCCCC1NCCc1cscn1. The number of carbonyl (C=O) groups is 1. The first-order valence-corrected chi connectivity index (χ1v) is 9.45. The van der Waals surface area contributed by atoms with E-state index in [4.69, 9.17) is 4.74 Å². The van der Waals surface area contributed by atoms with E-state index in [2.05, 4.69) is 21.0 Å². The second-order valence-electron chi connectivity index (χ2n) is 7.22. The number of thiazole rings is 1. The Morgan fingerprint density at radius 2 is 2.17 bits per heavy atom. The molecule has 1 saturated carbocycles. The van der Waals surface area contributed by atoms with Crippen molar-refractivity contribution in [1.29, 1.82) is 0 Å². The van der Waals surface area contributed by atoms with Crippen molar-refractivity contribution in [2.24, 2.45) is 5.92 Å². The quantitative estimate of drug-likeness (QED) is 0.834. The Balaban J connectivity index is 1.73. The molecule has 0 radical (unpaired) electrons. The van der Waals surface area contributed by atoms with E-state index in [1.807, 2.05) is 26.3 Å². The number of hydrogen-bond donors (Lipinski definition) is 2. The zero-order chi connectivity index (χ0) is 16.7. The zero-order valence-corrected chi connectivity index (χ0v) is 15.2. The van der Waals surface area contributed by atoms with E-state index in [9.17, 15) is 4.79 Å². The molecule has 6 heteroatoms. The summed E-state index contributed by atoms with van der Waals surface area (Å²) in [7, 11) is 0. The lowest BCUT2D eigenvalue weighted by Crippen LogP contribution is -2.45. The topological polar surface area (TPSA) is 63.2 Å². The molecule has 0 aromatic carbocycles. The van der Waals surface area contributed by atoms with Gasteiger partial charge in [0.05, 0.1) is 11.2 Å². The van der Waals surface area contributed by atoms with Gasteiger partial charge in [0, 0.05) is 30.9 Å². The molecule has 0 spiro atoms. The van der Waals surface area contributed by atoms with Crippen LogP contribution in [0.5, 0.6) is 0 Å². The first-order chi connectivity index (χ1) is 10.9. The van der Waals surface area contributed by atoms with E-state index in [0.29, 0.717) is 18.5 Å². The number of nitrogens with zero attached hydrogens (tertiary/aromatic N) is 1. The van der Waals surface area contributed by atoms with Crippen LogP contribution in [0.3, 0.4) is 0 Å². The molecule has 1 fully saturated rings. The lowest BCUT2D eigenvalue weighted by molar-refractivity contribution is 0.0511. The Morgan fingerprint density at radius 1 is 1.39 bits per heavy atom. The third-order valence-electron chi connectivity index (χ3n) is 4.09. The van der Waals surface area contributed by atoms with Gasteiger partial charge in [-0.15, -0.1) is 11.3 Å². The van der Waals surface area contributed by atoms with Crippen LogP contribution >= 0.6 is 11.3 Å². The number of nitrogens with one attached hydrogen (secondary N) is 2. The lowest BCUT2D eigenvalue weighted by Gasteiger charge is -2.32. The minimum atomic E-state index is -0.443. The summed E-state index contributed by atoms with van der Waals surface area (Å²) in [5, 5.41) is 8.69. The lowest BCUT2D eigenvalue weighted by atomic mass is 9.84. The van der Waals surface area contributed by atoms with E-state index in [-0.39, 0.29) is 6.09 Å². The summed E-state index contributed by atoms with van der Waals surface area (Å²) < 4.78 is 5.32. The van der Waals surface area contributed by atoms with Crippen LogP contribution in [0.25, 0.3) is 0 Å². The van der Waals surface area contributed by atoms with Gasteiger partial charge in [0.25, 0.3) is 0 Å². The highest BCUT2D eigenvalue weighted by Gasteiger charge is 2.26. The highest BCUT2D eigenvalue weighted by molar-refractivity contribution is 7.07. The highest BCUT2D eigenvalue weighted by atomic mass is 32.1. The molecule has 2 unspecified atom stereocenters. The average Bonchev–Trinajstić information content (AvgIpc) is 2.98. The predicted octanol–water partition coefficient (Wildman–Crippen LogP) is 3.36. The van der Waals surface area contributed by atoms with Crippen LogP contribution in [0.4, 0.5) is 4.79 Å². The molecule has 0 aliphatic heterocycles. The summed E-state index contributed by atoms with van der Waals surface area (Å²) in [4.78, 5) is 16.1. The molecular weight excluding hydrogens is 310 g/mol. The Labute approximate surface area is 143 Å². The minimum absolute atomic E-state index is 0.315. The summed E-state index contributed by atoms with van der Waals surface area (Å²) in [5.41, 5.74) is 2.59. The van der Waals surface area contributed by atoms with Crippen molar-refractivity contribution in [1.82, 2.24) is 15.6 Å². The number of alkyl carbamates (subject to hydrolysis) is 1. The van der Waals surface area contributed by atoms with E-state index < -0.39 is 5.60 Å². The minimum Gasteiger partial charge on any atom is -0.444 e. The second kappa shape index (κ2) is 8.64. The van der Waals surface area contributed by atoms with Gasteiger partial charge in [0.2, 0.25) is 0 Å². The fraction of sp³-hybridized carbons (Fsp3) is 0.765. The van der Waals surface area contributed by atoms with Gasteiger partial charge in [-0.25, -0.2) is 9.78 Å². The molecular formula is C17H29N3O2S. The first-order valence-electron chi connectivity index (χ1n) is 8.51. The summed E-state index contributed by atoms with van der Waals surface area (Å²) >= 11 is 1.64. The van der Waals surface area contributed by atoms with Gasteiger partial charge in [0.15, 0.2) is 0 Å². The summed E-state index contributed by atoms with van der Waals surface area (Å²) in [6.45, 7) is 7.28. The fourth-order valence-corrected chi connectivity index (χ4v) is 3.59. The van der Waals surface area contributed by atoms with Crippen LogP contribution < -0.4 is 10.6 Å². The molecule has 1 heterocycles. The van der Waals surface area contributed by atoms with Crippen LogP contribution in [0.2, 0.25) is 0 Å². The van der Waals surface area contributed by atoms with E-state index >= 15 is 0 Å². The van der Waals surface area contributed by atoms with Gasteiger partial charge < -0.3 is 15.4 Å². The third-order valence-corrected chi connectivity index (χ3v) is 4.72. The van der Waals surface area contributed by atoms with Gasteiger partial charge in [-0.05, 0) is 39.5 Å². The monoisotopic (exact) mass is 339 g/mol. The number of rotatable bonds is 6. The van der Waals surface area contributed by atoms with E-state index in [0.717, 1.165) is 25.1 Å².